The molecule has 30 heavy (non-hydrogen) atoms. The summed E-state index contributed by atoms with van der Waals surface area (Å²) in [5, 5.41) is 10.3. The van der Waals surface area contributed by atoms with E-state index >= 15 is 0 Å². The average molecular weight is 396 g/mol. The number of hydrogen-bond donors (Lipinski definition) is 1. The Labute approximate surface area is 177 Å². The molecule has 0 amide bonds. The van der Waals surface area contributed by atoms with Gasteiger partial charge in [-0.25, -0.2) is 9.80 Å². The van der Waals surface area contributed by atoms with Crippen LogP contribution in [-0.2, 0) is 11.3 Å². The number of para-hydroxylation sites is 2. The zero-order chi connectivity index (χ0) is 20.9. The number of nitrogens with one attached hydrogen (secondary N) is 1. The molecule has 5 nitrogen and oxygen atoms in total. The smallest absolute Gasteiger partial charge is 0.141 e. The molecule has 0 spiro atoms. The Hall–Kier alpha value is -3.66. The minimum absolute atomic E-state index is 0.418. The highest BCUT2D eigenvalue weighted by Crippen LogP contribution is 2.34. The second-order valence-electron chi connectivity index (χ2n) is 7.33. The van der Waals surface area contributed by atoms with E-state index in [9.17, 15) is 4.79 Å². The third kappa shape index (κ3) is 3.90. The van der Waals surface area contributed by atoms with Crippen LogP contribution >= 0.6 is 0 Å². The summed E-state index contributed by atoms with van der Waals surface area (Å²) >= 11 is 0. The lowest BCUT2D eigenvalue weighted by Crippen LogP contribution is -2.42. The fourth-order valence-electron chi connectivity index (χ4n) is 3.61. The Morgan fingerprint density at radius 3 is 2.23 bits per heavy atom. The van der Waals surface area contributed by atoms with E-state index in [4.69, 9.17) is 5.10 Å². The number of hydrogen-bond acceptors (Lipinski definition) is 5. The summed E-state index contributed by atoms with van der Waals surface area (Å²) in [4.78, 5) is 14.1. The molecule has 0 aromatic heterocycles. The van der Waals surface area contributed by atoms with Crippen LogP contribution in [0.3, 0.4) is 0 Å². The van der Waals surface area contributed by atoms with Crippen molar-refractivity contribution in [1.82, 2.24) is 5.32 Å². The second kappa shape index (κ2) is 8.78. The Kier molecular flexibility index (Phi) is 5.75. The van der Waals surface area contributed by atoms with E-state index in [1.165, 1.54) is 0 Å². The third-order valence-electron chi connectivity index (χ3n) is 5.09. The van der Waals surface area contributed by atoms with Gasteiger partial charge in [0.25, 0.3) is 0 Å². The maximum absolute atomic E-state index is 12.1. The van der Waals surface area contributed by atoms with E-state index in [1.807, 2.05) is 96.8 Å². The number of benzene rings is 3. The highest BCUT2D eigenvalue weighted by Gasteiger charge is 2.35. The molecule has 1 aliphatic heterocycles. The van der Waals surface area contributed by atoms with Crippen LogP contribution in [0.4, 0.5) is 11.4 Å². The Morgan fingerprint density at radius 2 is 1.57 bits per heavy atom. The van der Waals surface area contributed by atoms with Crippen molar-refractivity contribution in [3.05, 3.63) is 102 Å². The molecule has 1 atom stereocenters. The van der Waals surface area contributed by atoms with Crippen LogP contribution in [0, 0.1) is 0 Å². The van der Waals surface area contributed by atoms with Gasteiger partial charge >= 0.3 is 0 Å². The standard InChI is InChI=1S/C25H24N4O/c1-28(2)22-15-9-10-16-23(22)29-25(26-17-19-11-5-3-6-12-19)21(18-30)24(27-29)20-13-7-4-8-14-20/h3-16,25-26H,17H2,1-2H3. The van der Waals surface area contributed by atoms with Gasteiger partial charge in [0.2, 0.25) is 0 Å². The predicted octanol–water partition coefficient (Wildman–Crippen LogP) is 3.85. The summed E-state index contributed by atoms with van der Waals surface area (Å²) in [6.45, 7) is 0.606. The predicted molar refractivity (Wildman–Crippen MR) is 123 cm³/mol. The molecule has 4 rings (SSSR count). The van der Waals surface area contributed by atoms with Crippen LogP contribution in [0.5, 0.6) is 0 Å². The van der Waals surface area contributed by atoms with Crippen LogP contribution < -0.4 is 15.2 Å². The van der Waals surface area contributed by atoms with Gasteiger partial charge in [-0.1, -0.05) is 72.8 Å². The quantitative estimate of drug-likeness (QED) is 0.643. The number of hydrazone groups is 1. The van der Waals surface area contributed by atoms with Gasteiger partial charge in [0.1, 0.15) is 23.4 Å². The first-order chi connectivity index (χ1) is 14.7. The van der Waals surface area contributed by atoms with Crippen molar-refractivity contribution in [3.63, 3.8) is 0 Å². The first-order valence-corrected chi connectivity index (χ1v) is 9.91. The van der Waals surface area contributed by atoms with E-state index in [2.05, 4.69) is 23.4 Å². The average Bonchev–Trinajstić information content (AvgIpc) is 3.17. The highest BCUT2D eigenvalue weighted by molar-refractivity contribution is 6.19. The van der Waals surface area contributed by atoms with E-state index in [0.717, 1.165) is 22.5 Å². The molecule has 3 aromatic rings. The third-order valence-corrected chi connectivity index (χ3v) is 5.09. The van der Waals surface area contributed by atoms with Gasteiger partial charge < -0.3 is 4.90 Å². The van der Waals surface area contributed by atoms with Gasteiger partial charge in [-0.05, 0) is 17.7 Å². The van der Waals surface area contributed by atoms with Crippen molar-refractivity contribution in [1.29, 1.82) is 0 Å². The summed E-state index contributed by atoms with van der Waals surface area (Å²) in [5.41, 5.74) is 5.12. The normalized spacial score (nSPS) is 15.7. The van der Waals surface area contributed by atoms with Crippen LogP contribution in [0.25, 0.3) is 0 Å². The highest BCUT2D eigenvalue weighted by atomic mass is 16.1. The van der Waals surface area contributed by atoms with E-state index < -0.39 is 6.17 Å². The first-order valence-electron chi connectivity index (χ1n) is 9.91. The molecule has 1 heterocycles. The van der Waals surface area contributed by atoms with Gasteiger partial charge in [-0.3, -0.25) is 5.32 Å². The molecule has 150 valence electrons. The van der Waals surface area contributed by atoms with Gasteiger partial charge in [-0.2, -0.15) is 5.10 Å². The minimum atomic E-state index is -0.418. The maximum Gasteiger partial charge on any atom is 0.141 e. The topological polar surface area (TPSA) is 47.9 Å². The van der Waals surface area contributed by atoms with E-state index in [-0.39, 0.29) is 0 Å². The molecule has 5 heteroatoms. The number of carbonyl (C=O) groups excluding carboxylic acids is 1. The summed E-state index contributed by atoms with van der Waals surface area (Å²) in [7, 11) is 4.00. The van der Waals surface area contributed by atoms with Gasteiger partial charge in [0, 0.05) is 26.2 Å². The van der Waals surface area contributed by atoms with Crippen molar-refractivity contribution in [2.45, 2.75) is 12.7 Å². The van der Waals surface area contributed by atoms with Crippen LogP contribution in [-0.4, -0.2) is 31.9 Å². The van der Waals surface area contributed by atoms with E-state index in [0.29, 0.717) is 17.8 Å². The van der Waals surface area contributed by atoms with Crippen molar-refractivity contribution in [3.8, 4) is 0 Å². The zero-order valence-electron chi connectivity index (χ0n) is 17.1. The molecule has 1 aliphatic rings. The van der Waals surface area contributed by atoms with Crippen molar-refractivity contribution >= 4 is 23.0 Å². The van der Waals surface area contributed by atoms with Gasteiger partial charge in [0.05, 0.1) is 11.4 Å². The molecule has 3 aromatic carbocycles. The largest absolute Gasteiger partial charge is 0.376 e. The lowest BCUT2D eigenvalue weighted by Gasteiger charge is -2.28. The van der Waals surface area contributed by atoms with Crippen molar-refractivity contribution < 1.29 is 4.79 Å². The Balaban J connectivity index is 1.76. The molecular weight excluding hydrogens is 372 g/mol. The lowest BCUT2D eigenvalue weighted by molar-refractivity contribution is 0.550. The SMILES string of the molecule is CN(C)c1ccccc1N1N=C(c2ccccc2)C(=C=O)C1NCc1ccccc1. The first kappa shape index (κ1) is 19.6. The van der Waals surface area contributed by atoms with Crippen LogP contribution in [0.2, 0.25) is 0 Å². The summed E-state index contributed by atoms with van der Waals surface area (Å²) < 4.78 is 0. The summed E-state index contributed by atoms with van der Waals surface area (Å²) in [6.07, 6.45) is -0.418. The number of rotatable bonds is 6. The fraction of sp³-hybridized carbons (Fsp3) is 0.160. The molecule has 1 N–H and O–H groups in total. The fourth-order valence-corrected chi connectivity index (χ4v) is 3.61. The summed E-state index contributed by atoms with van der Waals surface area (Å²) in [6, 6.07) is 27.9. The van der Waals surface area contributed by atoms with Crippen LogP contribution in [0.15, 0.2) is 95.6 Å². The molecule has 0 fully saturated rings. The van der Waals surface area contributed by atoms with E-state index in [1.54, 1.807) is 0 Å². The van der Waals surface area contributed by atoms with Crippen molar-refractivity contribution in [2.75, 3.05) is 24.0 Å². The Morgan fingerprint density at radius 1 is 0.933 bits per heavy atom. The minimum Gasteiger partial charge on any atom is -0.376 e. The Bertz CT molecular complexity index is 1090. The van der Waals surface area contributed by atoms with Crippen LogP contribution in [0.1, 0.15) is 11.1 Å². The molecule has 0 saturated heterocycles. The molecule has 0 saturated carbocycles. The molecule has 0 bridgehead atoms. The van der Waals surface area contributed by atoms with Crippen molar-refractivity contribution in [2.24, 2.45) is 5.10 Å². The van der Waals surface area contributed by atoms with Gasteiger partial charge in [0.15, 0.2) is 0 Å². The lowest BCUT2D eigenvalue weighted by atomic mass is 10.0. The molecule has 1 unspecified atom stereocenters. The maximum atomic E-state index is 12.1. The second-order valence-corrected chi connectivity index (χ2v) is 7.33. The molecule has 0 radical (unpaired) electrons. The zero-order valence-corrected chi connectivity index (χ0v) is 17.1. The van der Waals surface area contributed by atoms with Gasteiger partial charge in [-0.15, -0.1) is 0 Å². The molecule has 0 aliphatic carbocycles. The summed E-state index contributed by atoms with van der Waals surface area (Å²) in [5.74, 6) is 2.17. The number of anilines is 2. The molecular formula is C25H24N4O. The number of nitrogens with zero attached hydrogens (tertiary/aromatic N) is 3. The monoisotopic (exact) mass is 396 g/mol.